The molecule has 0 heterocycles. The lowest BCUT2D eigenvalue weighted by Crippen LogP contribution is -2.06. The smallest absolute Gasteiger partial charge is 0.182 e. The second-order valence-corrected chi connectivity index (χ2v) is 4.11. The van der Waals surface area contributed by atoms with Crippen molar-refractivity contribution in [2.24, 2.45) is 0 Å². The Kier molecular flexibility index (Phi) is 3.94. The molecule has 5 heteroatoms. The van der Waals surface area contributed by atoms with Gasteiger partial charge in [0.2, 0.25) is 0 Å². The minimum Gasteiger partial charge on any atom is -0.293 e. The number of alkyl halides is 1. The van der Waals surface area contributed by atoms with Crippen LogP contribution in [-0.2, 0) is 0 Å². The summed E-state index contributed by atoms with van der Waals surface area (Å²) in [6.07, 6.45) is 0. The Morgan fingerprint density at radius 2 is 2.15 bits per heavy atom. The van der Waals surface area contributed by atoms with E-state index in [0.717, 1.165) is 0 Å². The fourth-order valence-corrected chi connectivity index (χ4v) is 1.68. The predicted octanol–water partition coefficient (Wildman–Crippen LogP) is 3.51. The molecule has 0 spiro atoms. The molecule has 13 heavy (non-hydrogen) atoms. The van der Waals surface area contributed by atoms with E-state index < -0.39 is 11.6 Å². The fraction of sp³-hybridized carbons (Fsp3) is 0.125. The van der Waals surface area contributed by atoms with E-state index in [0.29, 0.717) is 3.57 Å². The third-order valence-corrected chi connectivity index (χ3v) is 2.84. The molecule has 0 saturated heterocycles. The zero-order valence-corrected chi connectivity index (χ0v) is 9.95. The highest BCUT2D eigenvalue weighted by Gasteiger charge is 2.16. The van der Waals surface area contributed by atoms with Crippen LogP contribution >= 0.6 is 45.8 Å². The van der Waals surface area contributed by atoms with Gasteiger partial charge in [0.15, 0.2) is 5.78 Å². The van der Waals surface area contributed by atoms with Crippen molar-refractivity contribution in [2.75, 3.05) is 5.88 Å². The topological polar surface area (TPSA) is 17.1 Å². The number of rotatable bonds is 2. The predicted molar refractivity (Wildman–Crippen MR) is 59.2 cm³/mol. The molecule has 0 fully saturated rings. The third kappa shape index (κ3) is 2.33. The second-order valence-electron chi connectivity index (χ2n) is 2.27. The summed E-state index contributed by atoms with van der Waals surface area (Å²) in [6, 6.07) is 2.98. The second kappa shape index (κ2) is 4.57. The van der Waals surface area contributed by atoms with Crippen molar-refractivity contribution >= 4 is 51.6 Å². The van der Waals surface area contributed by atoms with Gasteiger partial charge in [-0.2, -0.15) is 0 Å². The molecule has 0 aliphatic heterocycles. The average Bonchev–Trinajstić information content (AvgIpc) is 2.12. The lowest BCUT2D eigenvalue weighted by molar-refractivity contribution is 0.101. The number of benzene rings is 1. The van der Waals surface area contributed by atoms with Crippen LogP contribution in [0, 0.1) is 9.39 Å². The maximum Gasteiger partial charge on any atom is 0.182 e. The Morgan fingerprint density at radius 3 is 2.69 bits per heavy atom. The van der Waals surface area contributed by atoms with Crippen molar-refractivity contribution < 1.29 is 9.18 Å². The van der Waals surface area contributed by atoms with Crippen LogP contribution in [0.5, 0.6) is 0 Å². The van der Waals surface area contributed by atoms with E-state index >= 15 is 0 Å². The van der Waals surface area contributed by atoms with E-state index in [1.54, 1.807) is 22.6 Å². The van der Waals surface area contributed by atoms with Gasteiger partial charge in [-0.3, -0.25) is 4.79 Å². The van der Waals surface area contributed by atoms with Crippen molar-refractivity contribution in [1.82, 2.24) is 0 Å². The molecule has 1 nitrogen and oxygen atoms in total. The quantitative estimate of drug-likeness (QED) is 0.350. The monoisotopic (exact) mass is 332 g/mol. The van der Waals surface area contributed by atoms with E-state index in [-0.39, 0.29) is 16.5 Å². The van der Waals surface area contributed by atoms with Crippen molar-refractivity contribution in [2.45, 2.75) is 0 Å². The van der Waals surface area contributed by atoms with Gasteiger partial charge in [0.1, 0.15) is 5.82 Å². The van der Waals surface area contributed by atoms with Crippen LogP contribution < -0.4 is 0 Å². The number of hydrogen-bond acceptors (Lipinski definition) is 1. The summed E-state index contributed by atoms with van der Waals surface area (Å²) in [5, 5.41) is 0.101. The highest BCUT2D eigenvalue weighted by Crippen LogP contribution is 2.24. The van der Waals surface area contributed by atoms with Crippen LogP contribution in [0.4, 0.5) is 4.39 Å². The first-order valence-electron chi connectivity index (χ1n) is 3.30. The summed E-state index contributed by atoms with van der Waals surface area (Å²) < 4.78 is 13.7. The van der Waals surface area contributed by atoms with E-state index in [9.17, 15) is 9.18 Å². The molecule has 0 amide bonds. The number of halogens is 4. The maximum absolute atomic E-state index is 13.3. The summed E-state index contributed by atoms with van der Waals surface area (Å²) in [5.74, 6) is -1.36. The molecule has 1 aromatic carbocycles. The number of hydrogen-bond donors (Lipinski definition) is 0. The van der Waals surface area contributed by atoms with Gasteiger partial charge < -0.3 is 0 Å². The molecular weight excluding hydrogens is 329 g/mol. The first-order valence-corrected chi connectivity index (χ1v) is 5.29. The average molecular weight is 333 g/mol. The Labute approximate surface area is 98.4 Å². The third-order valence-electron chi connectivity index (χ3n) is 1.44. The zero-order valence-electron chi connectivity index (χ0n) is 6.28. The minimum atomic E-state index is -0.598. The van der Waals surface area contributed by atoms with Gasteiger partial charge >= 0.3 is 0 Å². The SMILES string of the molecule is O=C(CCl)c1c(Cl)ccc(I)c1F. The zero-order chi connectivity index (χ0) is 10.0. The molecule has 1 aromatic rings. The highest BCUT2D eigenvalue weighted by molar-refractivity contribution is 14.1. The van der Waals surface area contributed by atoms with Gasteiger partial charge in [0, 0.05) is 3.57 Å². The molecule has 0 aliphatic carbocycles. The Hall–Kier alpha value is 0.130. The number of carbonyl (C=O) groups is 1. The Morgan fingerprint density at radius 1 is 1.54 bits per heavy atom. The fourth-order valence-electron chi connectivity index (χ4n) is 0.849. The number of Topliss-reactive ketones (excluding diaryl/α,β-unsaturated/α-hetero) is 1. The highest BCUT2D eigenvalue weighted by atomic mass is 127. The van der Waals surface area contributed by atoms with Crippen LogP contribution in [-0.4, -0.2) is 11.7 Å². The van der Waals surface area contributed by atoms with Gasteiger partial charge in [0.05, 0.1) is 16.5 Å². The standard InChI is InChI=1S/C8H4Cl2FIO/c9-3-6(13)7-4(10)1-2-5(12)8(7)11/h1-2H,3H2. The number of carbonyl (C=O) groups excluding carboxylic acids is 1. The molecule has 0 atom stereocenters. The first-order chi connectivity index (χ1) is 6.07. The molecule has 70 valence electrons. The van der Waals surface area contributed by atoms with E-state index in [2.05, 4.69) is 0 Å². The van der Waals surface area contributed by atoms with Gasteiger partial charge in [-0.25, -0.2) is 4.39 Å². The van der Waals surface area contributed by atoms with Crippen LogP contribution in [0.1, 0.15) is 10.4 Å². The van der Waals surface area contributed by atoms with E-state index in [4.69, 9.17) is 23.2 Å². The van der Waals surface area contributed by atoms with Gasteiger partial charge in [0.25, 0.3) is 0 Å². The molecule has 0 unspecified atom stereocenters. The van der Waals surface area contributed by atoms with Crippen molar-refractivity contribution in [3.63, 3.8) is 0 Å². The van der Waals surface area contributed by atoms with E-state index in [1.165, 1.54) is 12.1 Å². The van der Waals surface area contributed by atoms with Crippen molar-refractivity contribution in [3.05, 3.63) is 32.1 Å². The normalized spacial score (nSPS) is 10.2. The summed E-state index contributed by atoms with van der Waals surface area (Å²) in [6.45, 7) is 0. The molecule has 0 saturated carbocycles. The lowest BCUT2D eigenvalue weighted by Gasteiger charge is -2.03. The Balaban J connectivity index is 3.33. The maximum atomic E-state index is 13.3. The van der Waals surface area contributed by atoms with Gasteiger partial charge in [-0.1, -0.05) is 11.6 Å². The van der Waals surface area contributed by atoms with Crippen LogP contribution in [0.3, 0.4) is 0 Å². The molecule has 0 aromatic heterocycles. The summed E-state index contributed by atoms with van der Waals surface area (Å²) in [5.41, 5.74) is -0.122. The molecule has 0 bridgehead atoms. The summed E-state index contributed by atoms with van der Waals surface area (Å²) in [4.78, 5) is 11.1. The van der Waals surface area contributed by atoms with Crippen molar-refractivity contribution in [1.29, 1.82) is 0 Å². The number of ketones is 1. The molecule has 0 aliphatic rings. The van der Waals surface area contributed by atoms with Gasteiger partial charge in [-0.05, 0) is 34.7 Å². The van der Waals surface area contributed by atoms with Crippen LogP contribution in [0.2, 0.25) is 5.02 Å². The van der Waals surface area contributed by atoms with Crippen LogP contribution in [0.15, 0.2) is 12.1 Å². The molecule has 0 N–H and O–H groups in total. The first kappa shape index (κ1) is 11.2. The van der Waals surface area contributed by atoms with E-state index in [1.807, 2.05) is 0 Å². The van der Waals surface area contributed by atoms with Crippen LogP contribution in [0.25, 0.3) is 0 Å². The van der Waals surface area contributed by atoms with Crippen molar-refractivity contribution in [3.8, 4) is 0 Å². The summed E-state index contributed by atoms with van der Waals surface area (Å²) >= 11 is 12.7. The minimum absolute atomic E-state index is 0.101. The Bertz CT molecular complexity index is 354. The molecule has 0 radical (unpaired) electrons. The molecular formula is C8H4Cl2FIO. The largest absolute Gasteiger partial charge is 0.293 e. The molecule has 1 rings (SSSR count). The van der Waals surface area contributed by atoms with Gasteiger partial charge in [-0.15, -0.1) is 11.6 Å². The lowest BCUT2D eigenvalue weighted by atomic mass is 10.1. The summed E-state index contributed by atoms with van der Waals surface area (Å²) in [7, 11) is 0.